The quantitative estimate of drug-likeness (QED) is 0.171. The Bertz CT molecular complexity index is 1300. The van der Waals surface area contributed by atoms with E-state index in [-0.39, 0.29) is 35.3 Å². The Morgan fingerprint density at radius 1 is 1.51 bits per heavy atom. The number of nitriles is 1. The molecule has 2 aromatic heterocycles. The van der Waals surface area contributed by atoms with Gasteiger partial charge in [0.15, 0.2) is 24.1 Å². The molecule has 2 atom stereocenters. The monoisotopic (exact) mass is 514 g/mol. The first-order valence-corrected chi connectivity index (χ1v) is 11.9. The second-order valence-electron chi connectivity index (χ2n) is 7.40. The maximum Gasteiger partial charge on any atom is 0.278 e. The van der Waals surface area contributed by atoms with Crippen molar-refractivity contribution in [1.29, 1.82) is 5.26 Å². The van der Waals surface area contributed by atoms with Crippen LogP contribution in [0, 0.1) is 11.3 Å². The Morgan fingerprint density at radius 3 is 2.97 bits per heavy atom. The van der Waals surface area contributed by atoms with Crippen LogP contribution in [0.15, 0.2) is 41.0 Å². The van der Waals surface area contributed by atoms with E-state index >= 15 is 0 Å². The van der Waals surface area contributed by atoms with Crippen molar-refractivity contribution in [3.05, 3.63) is 47.2 Å². The first kappa shape index (κ1) is 24.1. The number of oxime groups is 1. The number of nitrogens with one attached hydrogen (secondary N) is 1. The normalized spacial score (nSPS) is 19.5. The van der Waals surface area contributed by atoms with Gasteiger partial charge in [0.25, 0.3) is 11.8 Å². The molecule has 13 nitrogen and oxygen atoms in total. The first-order chi connectivity index (χ1) is 16.8. The van der Waals surface area contributed by atoms with Crippen molar-refractivity contribution >= 4 is 51.9 Å². The van der Waals surface area contributed by atoms with Crippen LogP contribution in [-0.2, 0) is 32.2 Å². The van der Waals surface area contributed by atoms with E-state index in [0.717, 1.165) is 22.0 Å². The molecule has 0 spiro atoms. The van der Waals surface area contributed by atoms with E-state index in [9.17, 15) is 19.5 Å². The summed E-state index contributed by atoms with van der Waals surface area (Å²) in [4.78, 5) is 47.4. The van der Waals surface area contributed by atoms with Crippen molar-refractivity contribution in [2.45, 2.75) is 24.4 Å². The highest BCUT2D eigenvalue weighted by atomic mass is 32.2. The molecule has 0 radical (unpaired) electrons. The number of nitrogens with two attached hydrogens (primary N) is 1. The SMILES string of the molecule is CO/N=C(\C(=O)N[C@@H]1C(=O)N2C(C(=O)[O-])=C(C[n+]3cccc(CC#N)c3)CS[C@@H]12)c1nsc(N)n1. The van der Waals surface area contributed by atoms with Crippen LogP contribution in [0.3, 0.4) is 0 Å². The predicted octanol–water partition coefficient (Wildman–Crippen LogP) is -2.07. The summed E-state index contributed by atoms with van der Waals surface area (Å²) >= 11 is 2.18. The van der Waals surface area contributed by atoms with Crippen molar-refractivity contribution in [3.8, 4) is 6.07 Å². The van der Waals surface area contributed by atoms with Crippen molar-refractivity contribution in [3.63, 3.8) is 0 Å². The molecule has 35 heavy (non-hydrogen) atoms. The molecule has 2 amide bonds. The average Bonchev–Trinajstić information content (AvgIpc) is 3.26. The van der Waals surface area contributed by atoms with Gasteiger partial charge >= 0.3 is 0 Å². The van der Waals surface area contributed by atoms with Crippen molar-refractivity contribution in [2.24, 2.45) is 5.16 Å². The minimum atomic E-state index is -1.49. The lowest BCUT2D eigenvalue weighted by atomic mass is 10.0. The molecule has 2 aromatic rings. The topological polar surface area (TPSA) is 191 Å². The molecule has 0 aliphatic carbocycles. The van der Waals surface area contributed by atoms with Gasteiger partial charge in [-0.05, 0) is 6.07 Å². The number of rotatable bonds is 8. The molecule has 2 aliphatic heterocycles. The standard InChI is InChI=1S/C20H18N8O5S2/c1-33-25-12(15-24-20(22)35-26-15)16(29)23-13-17(30)28-14(19(31)32)11(9-34-18(13)28)8-27-6-2-3-10(7-27)4-5-21/h2-3,6-7,13,18H,4,8-9H2,1H3,(H3-,22,23,24,26,29,31,32)/b25-12-/t13-,18+/m1/s1. The number of carbonyl (C=O) groups is 3. The fourth-order valence-electron chi connectivity index (χ4n) is 3.70. The second kappa shape index (κ2) is 10.1. The minimum absolute atomic E-state index is 0.0555. The average molecular weight is 515 g/mol. The number of aromatic nitrogens is 3. The van der Waals surface area contributed by atoms with Gasteiger partial charge < -0.3 is 25.8 Å². The number of carbonyl (C=O) groups excluding carboxylic acids is 3. The highest BCUT2D eigenvalue weighted by molar-refractivity contribution is 8.00. The van der Waals surface area contributed by atoms with Gasteiger partial charge in [0.1, 0.15) is 18.5 Å². The van der Waals surface area contributed by atoms with Crippen molar-refractivity contribution < 1.29 is 28.9 Å². The number of hydrogen-bond donors (Lipinski definition) is 2. The van der Waals surface area contributed by atoms with Crippen LogP contribution >= 0.6 is 23.3 Å². The number of β-lactam (4-membered cyclic amide) rings is 1. The zero-order valence-corrected chi connectivity index (χ0v) is 19.8. The Kier molecular flexibility index (Phi) is 6.94. The van der Waals surface area contributed by atoms with Gasteiger partial charge in [0.05, 0.1) is 24.2 Å². The third kappa shape index (κ3) is 4.79. The Balaban J connectivity index is 1.53. The third-order valence-corrected chi connectivity index (χ3v) is 7.04. The van der Waals surface area contributed by atoms with E-state index in [2.05, 4.69) is 25.9 Å². The summed E-state index contributed by atoms with van der Waals surface area (Å²) in [6.07, 6.45) is 3.71. The molecule has 180 valence electrons. The summed E-state index contributed by atoms with van der Waals surface area (Å²) < 4.78 is 5.68. The maximum absolute atomic E-state index is 12.9. The zero-order chi connectivity index (χ0) is 25.1. The molecule has 3 N–H and O–H groups in total. The summed E-state index contributed by atoms with van der Waals surface area (Å²) in [6, 6.07) is 4.63. The molecule has 4 rings (SSSR count). The van der Waals surface area contributed by atoms with Gasteiger partial charge in [-0.25, -0.2) is 4.57 Å². The van der Waals surface area contributed by atoms with Crippen LogP contribution in [0.2, 0.25) is 0 Å². The number of anilines is 1. The van der Waals surface area contributed by atoms with Crippen LogP contribution in [0.25, 0.3) is 0 Å². The molecular formula is C20H18N8O5S2. The van der Waals surface area contributed by atoms with Crippen LogP contribution in [0.5, 0.6) is 0 Å². The van der Waals surface area contributed by atoms with E-state index < -0.39 is 29.2 Å². The number of nitrogens with zero attached hydrogens (tertiary/aromatic N) is 6. The minimum Gasteiger partial charge on any atom is -0.543 e. The lowest BCUT2D eigenvalue weighted by Crippen LogP contribution is -2.71. The molecule has 0 aromatic carbocycles. The number of amides is 2. The molecule has 2 aliphatic rings. The van der Waals surface area contributed by atoms with Gasteiger partial charge in [-0.3, -0.25) is 14.5 Å². The maximum atomic E-state index is 12.9. The van der Waals surface area contributed by atoms with E-state index in [1.165, 1.54) is 18.9 Å². The highest BCUT2D eigenvalue weighted by Crippen LogP contribution is 2.40. The van der Waals surface area contributed by atoms with Crippen LogP contribution in [-0.4, -0.2) is 62.0 Å². The van der Waals surface area contributed by atoms with Gasteiger partial charge in [-0.15, -0.1) is 11.8 Å². The van der Waals surface area contributed by atoms with Crippen LogP contribution < -0.4 is 20.7 Å². The van der Waals surface area contributed by atoms with E-state index in [1.54, 1.807) is 29.1 Å². The number of thioether (sulfide) groups is 1. The van der Waals surface area contributed by atoms with Gasteiger partial charge in [-0.2, -0.15) is 14.6 Å². The molecular weight excluding hydrogens is 496 g/mol. The molecule has 1 fully saturated rings. The molecule has 0 bridgehead atoms. The predicted molar refractivity (Wildman–Crippen MR) is 121 cm³/mol. The van der Waals surface area contributed by atoms with Crippen molar-refractivity contribution in [2.75, 3.05) is 18.6 Å². The lowest BCUT2D eigenvalue weighted by molar-refractivity contribution is -0.689. The third-order valence-electron chi connectivity index (χ3n) is 5.15. The summed E-state index contributed by atoms with van der Waals surface area (Å²) in [5.41, 5.74) is 6.34. The van der Waals surface area contributed by atoms with E-state index in [1.807, 2.05) is 0 Å². The summed E-state index contributed by atoms with van der Waals surface area (Å²) in [6.45, 7) is 0.199. The second-order valence-corrected chi connectivity index (χ2v) is 9.29. The molecule has 1 saturated heterocycles. The number of carboxylic acids is 1. The van der Waals surface area contributed by atoms with Crippen molar-refractivity contribution in [1.82, 2.24) is 19.6 Å². The van der Waals surface area contributed by atoms with Crippen LogP contribution in [0.1, 0.15) is 11.4 Å². The molecule has 0 saturated carbocycles. The fourth-order valence-corrected chi connectivity index (χ4v) is 5.47. The summed E-state index contributed by atoms with van der Waals surface area (Å²) in [7, 11) is 1.24. The van der Waals surface area contributed by atoms with Crippen LogP contribution in [0.4, 0.5) is 5.13 Å². The summed E-state index contributed by atoms with van der Waals surface area (Å²) in [5, 5.41) is 26.6. The largest absolute Gasteiger partial charge is 0.543 e. The van der Waals surface area contributed by atoms with Gasteiger partial charge in [-0.1, -0.05) is 5.16 Å². The molecule has 15 heteroatoms. The fraction of sp³-hybridized carbons (Fsp3) is 0.300. The number of fused-ring (bicyclic) bond motifs is 1. The van der Waals surface area contributed by atoms with Gasteiger partial charge in [0.2, 0.25) is 11.5 Å². The summed E-state index contributed by atoms with van der Waals surface area (Å²) in [5.74, 6) is -2.61. The lowest BCUT2D eigenvalue weighted by Gasteiger charge is -2.50. The number of aliphatic carboxylic acids is 1. The number of hydrogen-bond acceptors (Lipinski definition) is 12. The molecule has 0 unspecified atom stereocenters. The Morgan fingerprint density at radius 2 is 2.31 bits per heavy atom. The number of pyridine rings is 1. The number of carboxylic acid groups (broad SMARTS) is 1. The number of nitrogen functional groups attached to an aromatic ring is 1. The Labute approximate surface area is 207 Å². The highest BCUT2D eigenvalue weighted by Gasteiger charge is 2.53. The van der Waals surface area contributed by atoms with Gasteiger partial charge in [0, 0.05) is 34.5 Å². The van der Waals surface area contributed by atoms with E-state index in [4.69, 9.17) is 15.8 Å². The Hall–Kier alpha value is -4.03. The van der Waals surface area contributed by atoms with E-state index in [0.29, 0.717) is 11.3 Å². The zero-order valence-electron chi connectivity index (χ0n) is 18.2. The molecule has 4 heterocycles. The first-order valence-electron chi connectivity index (χ1n) is 10.1. The smallest absolute Gasteiger partial charge is 0.278 e.